The van der Waals surface area contributed by atoms with Gasteiger partial charge in [-0.25, -0.2) is 4.98 Å². The van der Waals surface area contributed by atoms with Gasteiger partial charge in [0.25, 0.3) is 5.56 Å². The van der Waals surface area contributed by atoms with Crippen molar-refractivity contribution in [1.82, 2.24) is 9.55 Å². The highest BCUT2D eigenvalue weighted by Crippen LogP contribution is 2.38. The van der Waals surface area contributed by atoms with E-state index in [1.807, 2.05) is 37.3 Å². The van der Waals surface area contributed by atoms with Crippen molar-refractivity contribution in [2.45, 2.75) is 19.9 Å². The molecule has 2 aromatic carbocycles. The number of benzene rings is 2. The van der Waals surface area contributed by atoms with E-state index in [9.17, 15) is 9.36 Å². The fraction of sp³-hybridized carbons (Fsp3) is 0.417. The molecule has 1 atom stereocenters. The van der Waals surface area contributed by atoms with Crippen molar-refractivity contribution in [2.24, 2.45) is 7.05 Å². The molecule has 0 saturated carbocycles. The zero-order valence-corrected chi connectivity index (χ0v) is 20.3. The number of nitrogens with one attached hydrogen (secondary N) is 1. The van der Waals surface area contributed by atoms with Crippen LogP contribution in [0.15, 0.2) is 41.2 Å². The SMILES string of the molecule is Cc1cc(C(C)Nc2ccccc2P(C)(C)=O)c2nc(N3CCOCC3)n(C)c(=O)c2c1. The van der Waals surface area contributed by atoms with Crippen molar-refractivity contribution in [3.05, 3.63) is 57.9 Å². The first-order chi connectivity index (χ1) is 15.2. The van der Waals surface area contributed by atoms with E-state index in [0.717, 1.165) is 22.1 Å². The number of hydrogen-bond acceptors (Lipinski definition) is 6. The molecule has 2 heterocycles. The molecule has 1 unspecified atom stereocenters. The van der Waals surface area contributed by atoms with Gasteiger partial charge in [-0.1, -0.05) is 18.2 Å². The van der Waals surface area contributed by atoms with Crippen LogP contribution in [0.3, 0.4) is 0 Å². The van der Waals surface area contributed by atoms with Gasteiger partial charge in [-0.2, -0.15) is 0 Å². The summed E-state index contributed by atoms with van der Waals surface area (Å²) in [5.74, 6) is 0.662. The summed E-state index contributed by atoms with van der Waals surface area (Å²) in [6, 6.07) is 11.6. The van der Waals surface area contributed by atoms with Crippen LogP contribution < -0.4 is 21.1 Å². The molecule has 1 fully saturated rings. The Labute approximate surface area is 188 Å². The van der Waals surface area contributed by atoms with Crippen molar-refractivity contribution < 1.29 is 9.30 Å². The second-order valence-corrected chi connectivity index (χ2v) is 12.0. The Kier molecular flexibility index (Phi) is 6.15. The number of anilines is 2. The van der Waals surface area contributed by atoms with Gasteiger partial charge in [0.05, 0.1) is 30.2 Å². The van der Waals surface area contributed by atoms with Crippen molar-refractivity contribution in [3.8, 4) is 0 Å². The number of aryl methyl sites for hydroxylation is 1. The first kappa shape index (κ1) is 22.6. The number of morpholine rings is 1. The number of nitrogens with zero attached hydrogens (tertiary/aromatic N) is 3. The van der Waals surface area contributed by atoms with Crippen LogP contribution in [0, 0.1) is 6.92 Å². The van der Waals surface area contributed by atoms with E-state index in [1.165, 1.54) is 0 Å². The van der Waals surface area contributed by atoms with Gasteiger partial charge >= 0.3 is 0 Å². The minimum atomic E-state index is -2.45. The maximum atomic E-state index is 13.3. The average Bonchev–Trinajstić information content (AvgIpc) is 2.76. The molecule has 170 valence electrons. The summed E-state index contributed by atoms with van der Waals surface area (Å²) in [4.78, 5) is 20.3. The van der Waals surface area contributed by atoms with E-state index in [-0.39, 0.29) is 11.6 Å². The largest absolute Gasteiger partial charge is 0.378 e. The van der Waals surface area contributed by atoms with Crippen LogP contribution in [0.4, 0.5) is 11.6 Å². The Morgan fingerprint density at radius 2 is 1.84 bits per heavy atom. The second-order valence-electron chi connectivity index (χ2n) is 8.86. The summed E-state index contributed by atoms with van der Waals surface area (Å²) < 4.78 is 19.9. The summed E-state index contributed by atoms with van der Waals surface area (Å²) in [5, 5.41) is 4.96. The number of aromatic nitrogens is 2. The third-order valence-electron chi connectivity index (χ3n) is 5.95. The molecule has 4 rings (SSSR count). The number of ether oxygens (including phenoxy) is 1. The molecule has 0 radical (unpaired) electrons. The van der Waals surface area contributed by atoms with Gasteiger partial charge in [-0.05, 0) is 50.9 Å². The second kappa shape index (κ2) is 8.72. The minimum absolute atomic E-state index is 0.0549. The quantitative estimate of drug-likeness (QED) is 0.595. The van der Waals surface area contributed by atoms with E-state index < -0.39 is 7.14 Å². The van der Waals surface area contributed by atoms with Gasteiger partial charge in [0, 0.05) is 36.7 Å². The maximum absolute atomic E-state index is 13.3. The summed E-state index contributed by atoms with van der Waals surface area (Å²) in [6.07, 6.45) is 0. The van der Waals surface area contributed by atoms with Crippen LogP contribution in [0.2, 0.25) is 0 Å². The Hall–Kier alpha value is -2.63. The number of hydrogen-bond donors (Lipinski definition) is 1. The topological polar surface area (TPSA) is 76.5 Å². The van der Waals surface area contributed by atoms with Gasteiger partial charge < -0.3 is 19.5 Å². The predicted molar refractivity (Wildman–Crippen MR) is 132 cm³/mol. The molecule has 0 spiro atoms. The monoisotopic (exact) mass is 454 g/mol. The summed E-state index contributed by atoms with van der Waals surface area (Å²) in [7, 11) is -0.675. The van der Waals surface area contributed by atoms with E-state index in [0.29, 0.717) is 43.2 Å². The Morgan fingerprint density at radius 1 is 1.16 bits per heavy atom. The Morgan fingerprint density at radius 3 is 2.53 bits per heavy atom. The predicted octanol–water partition coefficient (Wildman–Crippen LogP) is 3.50. The van der Waals surface area contributed by atoms with Crippen LogP contribution >= 0.6 is 7.14 Å². The van der Waals surface area contributed by atoms with Crippen LogP contribution in [0.25, 0.3) is 10.9 Å². The van der Waals surface area contributed by atoms with Crippen LogP contribution in [-0.2, 0) is 16.3 Å². The van der Waals surface area contributed by atoms with Crippen molar-refractivity contribution in [2.75, 3.05) is 49.8 Å². The van der Waals surface area contributed by atoms with Crippen LogP contribution in [0.5, 0.6) is 0 Å². The molecule has 3 aromatic rings. The molecule has 0 bridgehead atoms. The molecular weight excluding hydrogens is 423 g/mol. The molecule has 1 saturated heterocycles. The normalized spacial score (nSPS) is 15.7. The van der Waals surface area contributed by atoms with Gasteiger partial charge in [-0.15, -0.1) is 0 Å². The maximum Gasteiger partial charge on any atom is 0.262 e. The number of rotatable bonds is 5. The third-order valence-corrected chi connectivity index (χ3v) is 7.50. The molecule has 1 aliphatic heterocycles. The third kappa shape index (κ3) is 4.32. The summed E-state index contributed by atoms with van der Waals surface area (Å²) in [6.45, 7) is 10.3. The van der Waals surface area contributed by atoms with Gasteiger partial charge in [0.1, 0.15) is 7.14 Å². The molecular formula is C24H31N4O3P. The van der Waals surface area contributed by atoms with E-state index in [2.05, 4.69) is 23.2 Å². The first-order valence-electron chi connectivity index (χ1n) is 10.9. The fourth-order valence-corrected chi connectivity index (χ4v) is 5.46. The zero-order chi connectivity index (χ0) is 23.0. The Balaban J connectivity index is 1.83. The van der Waals surface area contributed by atoms with Gasteiger partial charge in [0.15, 0.2) is 0 Å². The van der Waals surface area contributed by atoms with Gasteiger partial charge in [0.2, 0.25) is 5.95 Å². The number of fused-ring (bicyclic) bond motifs is 1. The van der Waals surface area contributed by atoms with E-state index in [4.69, 9.17) is 9.72 Å². The molecule has 0 amide bonds. The zero-order valence-electron chi connectivity index (χ0n) is 19.4. The lowest BCUT2D eigenvalue weighted by molar-refractivity contribution is 0.121. The highest BCUT2D eigenvalue weighted by atomic mass is 31.2. The minimum Gasteiger partial charge on any atom is -0.378 e. The van der Waals surface area contributed by atoms with Gasteiger partial charge in [-0.3, -0.25) is 9.36 Å². The molecule has 7 nitrogen and oxygen atoms in total. The number of para-hydroxylation sites is 1. The highest BCUT2D eigenvalue weighted by molar-refractivity contribution is 7.70. The average molecular weight is 455 g/mol. The van der Waals surface area contributed by atoms with Crippen molar-refractivity contribution in [3.63, 3.8) is 0 Å². The fourth-order valence-electron chi connectivity index (χ4n) is 4.29. The standard InChI is InChI=1S/C24H31N4O3P/c1-16-14-18(17(2)25-20-8-6-7-9-21(20)32(4,5)30)22-19(15-16)23(29)27(3)24(26-22)28-10-12-31-13-11-28/h6-9,14-15,17,25H,10-13H2,1-5H3. The Bertz CT molecular complexity index is 1260. The highest BCUT2D eigenvalue weighted by Gasteiger charge is 2.22. The molecule has 8 heteroatoms. The lowest BCUT2D eigenvalue weighted by Crippen LogP contribution is -2.40. The molecule has 1 N–H and O–H groups in total. The van der Waals surface area contributed by atoms with Crippen molar-refractivity contribution >= 4 is 35.0 Å². The lowest BCUT2D eigenvalue weighted by atomic mass is 10.0. The van der Waals surface area contributed by atoms with Crippen molar-refractivity contribution in [1.29, 1.82) is 0 Å². The molecule has 0 aliphatic carbocycles. The lowest BCUT2D eigenvalue weighted by Gasteiger charge is -2.29. The van der Waals surface area contributed by atoms with E-state index >= 15 is 0 Å². The summed E-state index contributed by atoms with van der Waals surface area (Å²) in [5.41, 5.74) is 3.45. The summed E-state index contributed by atoms with van der Waals surface area (Å²) >= 11 is 0. The molecule has 1 aliphatic rings. The molecule has 1 aromatic heterocycles. The first-order valence-corrected chi connectivity index (χ1v) is 13.5. The van der Waals surface area contributed by atoms with Crippen LogP contribution in [0.1, 0.15) is 24.1 Å². The van der Waals surface area contributed by atoms with E-state index in [1.54, 1.807) is 24.9 Å². The van der Waals surface area contributed by atoms with Crippen LogP contribution in [-0.4, -0.2) is 49.2 Å². The smallest absolute Gasteiger partial charge is 0.262 e. The molecule has 32 heavy (non-hydrogen) atoms.